The van der Waals surface area contributed by atoms with E-state index in [1.807, 2.05) is 22.4 Å². The molecule has 1 aromatic carbocycles. The van der Waals surface area contributed by atoms with E-state index in [1.165, 1.54) is 5.56 Å². The first kappa shape index (κ1) is 23.4. The number of aromatic amines is 1. The van der Waals surface area contributed by atoms with E-state index in [9.17, 15) is 9.59 Å². The SMILES string of the molecule is CC(C)(C)c1ccc(Cn2nnc3c(=O)[nH]c([C@@H]4CCCN(C(=O)Cc5cccs5)C4)nc32)cc1. The third-order valence-electron chi connectivity index (χ3n) is 6.61. The molecule has 0 spiro atoms. The minimum absolute atomic E-state index is 0.0254. The van der Waals surface area contributed by atoms with E-state index < -0.39 is 0 Å². The molecular formula is C26H30N6O2S. The van der Waals surface area contributed by atoms with E-state index in [2.05, 4.69) is 60.3 Å². The van der Waals surface area contributed by atoms with Gasteiger partial charge in [-0.05, 0) is 40.8 Å². The number of rotatable bonds is 5. The first-order valence-electron chi connectivity index (χ1n) is 12.0. The molecule has 1 amide bonds. The van der Waals surface area contributed by atoms with Crippen molar-refractivity contribution < 1.29 is 4.79 Å². The van der Waals surface area contributed by atoms with Crippen molar-refractivity contribution in [3.63, 3.8) is 0 Å². The molecule has 1 aliphatic heterocycles. The highest BCUT2D eigenvalue weighted by Crippen LogP contribution is 2.26. The van der Waals surface area contributed by atoms with Gasteiger partial charge in [0, 0.05) is 23.9 Å². The monoisotopic (exact) mass is 490 g/mol. The number of carbonyl (C=O) groups excluding carboxylic acids is 1. The van der Waals surface area contributed by atoms with Gasteiger partial charge in [0.15, 0.2) is 11.2 Å². The van der Waals surface area contributed by atoms with Crippen LogP contribution in [0, 0.1) is 0 Å². The maximum absolute atomic E-state index is 12.8. The van der Waals surface area contributed by atoms with E-state index in [0.29, 0.717) is 31.0 Å². The molecule has 4 aromatic rings. The van der Waals surface area contributed by atoms with Gasteiger partial charge in [0.05, 0.1) is 13.0 Å². The zero-order chi connectivity index (χ0) is 24.6. The zero-order valence-electron chi connectivity index (χ0n) is 20.3. The van der Waals surface area contributed by atoms with E-state index in [1.54, 1.807) is 16.0 Å². The number of H-pyrrole nitrogens is 1. The van der Waals surface area contributed by atoms with E-state index >= 15 is 0 Å². The van der Waals surface area contributed by atoms with E-state index in [0.717, 1.165) is 29.8 Å². The standard InChI is InChI=1S/C26H30N6O2S/c1-26(2,3)19-10-8-17(9-11-19)15-32-24-22(29-30-32)25(34)28-23(27-24)18-6-4-12-31(16-18)21(33)14-20-7-5-13-35-20/h5,7-11,13,18H,4,6,12,14-16H2,1-3H3,(H,27,28,34)/t18-/m1/s1. The maximum Gasteiger partial charge on any atom is 0.281 e. The highest BCUT2D eigenvalue weighted by atomic mass is 32.1. The zero-order valence-corrected chi connectivity index (χ0v) is 21.1. The van der Waals surface area contributed by atoms with Crippen molar-refractivity contribution in [2.24, 2.45) is 0 Å². The average Bonchev–Trinajstić information content (AvgIpc) is 3.49. The summed E-state index contributed by atoms with van der Waals surface area (Å²) in [6.45, 7) is 8.32. The minimum Gasteiger partial charge on any atom is -0.342 e. The van der Waals surface area contributed by atoms with Gasteiger partial charge in [0.2, 0.25) is 5.91 Å². The van der Waals surface area contributed by atoms with Gasteiger partial charge in [0.1, 0.15) is 5.82 Å². The smallest absolute Gasteiger partial charge is 0.281 e. The van der Waals surface area contributed by atoms with Crippen LogP contribution in [0.1, 0.15) is 61.4 Å². The maximum atomic E-state index is 12.8. The largest absolute Gasteiger partial charge is 0.342 e. The van der Waals surface area contributed by atoms with Crippen LogP contribution in [0.3, 0.4) is 0 Å². The molecule has 0 bridgehead atoms. The molecule has 35 heavy (non-hydrogen) atoms. The molecule has 1 N–H and O–H groups in total. The summed E-state index contributed by atoms with van der Waals surface area (Å²) >= 11 is 1.60. The van der Waals surface area contributed by atoms with Crippen LogP contribution < -0.4 is 5.56 Å². The van der Waals surface area contributed by atoms with E-state index in [-0.39, 0.29) is 28.3 Å². The van der Waals surface area contributed by atoms with Gasteiger partial charge in [-0.25, -0.2) is 9.67 Å². The number of thiophene rings is 1. The topological polar surface area (TPSA) is 96.8 Å². The number of fused-ring (bicyclic) bond motifs is 1. The lowest BCUT2D eigenvalue weighted by atomic mass is 9.87. The summed E-state index contributed by atoms with van der Waals surface area (Å²) in [6.07, 6.45) is 2.16. The molecule has 9 heteroatoms. The Morgan fingerprint density at radius 3 is 2.71 bits per heavy atom. The number of nitrogens with zero attached hydrogens (tertiary/aromatic N) is 5. The number of hydrogen-bond donors (Lipinski definition) is 1. The molecule has 0 unspecified atom stereocenters. The Labute approximate surface area is 208 Å². The van der Waals surface area contributed by atoms with Crippen molar-refractivity contribution in [2.45, 2.75) is 57.9 Å². The van der Waals surface area contributed by atoms with Crippen LogP contribution in [0.2, 0.25) is 0 Å². The van der Waals surface area contributed by atoms with Crippen LogP contribution in [0.5, 0.6) is 0 Å². The highest BCUT2D eigenvalue weighted by Gasteiger charge is 2.27. The van der Waals surface area contributed by atoms with Crippen LogP contribution in [0.25, 0.3) is 11.2 Å². The van der Waals surface area contributed by atoms with Crippen molar-refractivity contribution in [3.05, 3.63) is 74.0 Å². The Morgan fingerprint density at radius 1 is 1.20 bits per heavy atom. The Kier molecular flexibility index (Phi) is 6.27. The van der Waals surface area contributed by atoms with Crippen molar-refractivity contribution in [1.29, 1.82) is 0 Å². The minimum atomic E-state index is -0.290. The first-order valence-corrected chi connectivity index (χ1v) is 12.9. The molecule has 1 aliphatic rings. The fraction of sp³-hybridized carbons (Fsp3) is 0.423. The lowest BCUT2D eigenvalue weighted by molar-refractivity contribution is -0.131. The quantitative estimate of drug-likeness (QED) is 0.458. The Balaban J connectivity index is 1.37. The molecule has 1 saturated heterocycles. The highest BCUT2D eigenvalue weighted by molar-refractivity contribution is 7.10. The normalized spacial score (nSPS) is 16.7. The van der Waals surface area contributed by atoms with Crippen molar-refractivity contribution in [3.8, 4) is 0 Å². The number of piperidine rings is 1. The number of hydrogen-bond acceptors (Lipinski definition) is 6. The van der Waals surface area contributed by atoms with Crippen LogP contribution in [-0.2, 0) is 23.2 Å². The van der Waals surface area contributed by atoms with Gasteiger partial charge >= 0.3 is 0 Å². The van der Waals surface area contributed by atoms with Gasteiger partial charge in [-0.2, -0.15) is 0 Å². The van der Waals surface area contributed by atoms with Crippen molar-refractivity contribution >= 4 is 28.4 Å². The molecule has 182 valence electrons. The molecule has 1 atom stereocenters. The summed E-state index contributed by atoms with van der Waals surface area (Å²) in [5.74, 6) is 0.691. The second kappa shape index (κ2) is 9.37. The number of benzene rings is 1. The lowest BCUT2D eigenvalue weighted by Gasteiger charge is -2.32. The first-order chi connectivity index (χ1) is 16.8. The van der Waals surface area contributed by atoms with E-state index in [4.69, 9.17) is 4.98 Å². The van der Waals surface area contributed by atoms with Gasteiger partial charge in [-0.15, -0.1) is 16.4 Å². The van der Waals surface area contributed by atoms with Crippen LogP contribution in [0.4, 0.5) is 0 Å². The molecule has 0 saturated carbocycles. The number of amides is 1. The van der Waals surface area contributed by atoms with Crippen molar-refractivity contribution in [2.75, 3.05) is 13.1 Å². The number of likely N-dealkylation sites (tertiary alicyclic amines) is 1. The second-order valence-corrected chi connectivity index (χ2v) is 11.3. The summed E-state index contributed by atoms with van der Waals surface area (Å²) < 4.78 is 1.68. The third-order valence-corrected chi connectivity index (χ3v) is 7.49. The fourth-order valence-electron chi connectivity index (χ4n) is 4.57. The number of carbonyl (C=O) groups is 1. The Morgan fingerprint density at radius 2 is 2.00 bits per heavy atom. The molecule has 4 heterocycles. The van der Waals surface area contributed by atoms with Crippen LogP contribution >= 0.6 is 11.3 Å². The summed E-state index contributed by atoms with van der Waals surface area (Å²) in [4.78, 5) is 36.3. The number of aromatic nitrogens is 5. The van der Waals surface area contributed by atoms with Gasteiger partial charge < -0.3 is 9.88 Å². The molecular weight excluding hydrogens is 460 g/mol. The summed E-state index contributed by atoms with van der Waals surface area (Å²) in [5, 5.41) is 10.3. The molecule has 0 radical (unpaired) electrons. The van der Waals surface area contributed by atoms with Crippen molar-refractivity contribution in [1.82, 2.24) is 29.9 Å². The Bertz CT molecular complexity index is 1380. The molecule has 8 nitrogen and oxygen atoms in total. The number of nitrogens with one attached hydrogen (secondary N) is 1. The van der Waals surface area contributed by atoms with Crippen LogP contribution in [0.15, 0.2) is 46.6 Å². The molecule has 0 aliphatic carbocycles. The average molecular weight is 491 g/mol. The summed E-state index contributed by atoms with van der Waals surface area (Å²) in [5.41, 5.74) is 2.84. The van der Waals surface area contributed by atoms with Gasteiger partial charge in [0.25, 0.3) is 5.56 Å². The third kappa shape index (κ3) is 5.05. The van der Waals surface area contributed by atoms with Crippen LogP contribution in [-0.4, -0.2) is 48.9 Å². The molecule has 3 aromatic heterocycles. The predicted molar refractivity (Wildman–Crippen MR) is 137 cm³/mol. The van der Waals surface area contributed by atoms with Gasteiger partial charge in [-0.3, -0.25) is 9.59 Å². The fourth-order valence-corrected chi connectivity index (χ4v) is 5.26. The second-order valence-electron chi connectivity index (χ2n) is 10.3. The predicted octanol–water partition coefficient (Wildman–Crippen LogP) is 3.87. The summed E-state index contributed by atoms with van der Waals surface area (Å²) in [6, 6.07) is 12.4. The lowest BCUT2D eigenvalue weighted by Crippen LogP contribution is -2.40. The summed E-state index contributed by atoms with van der Waals surface area (Å²) in [7, 11) is 0. The molecule has 1 fully saturated rings. The molecule has 5 rings (SSSR count). The van der Waals surface area contributed by atoms with Gasteiger partial charge in [-0.1, -0.05) is 56.3 Å². The Hall–Kier alpha value is -3.33.